The van der Waals surface area contributed by atoms with Gasteiger partial charge in [0.25, 0.3) is 0 Å². The van der Waals surface area contributed by atoms with Gasteiger partial charge < -0.3 is 11.5 Å². The maximum absolute atomic E-state index is 10.6. The molecule has 0 aliphatic rings. The molecule has 66 valence electrons. The van der Waals surface area contributed by atoms with Crippen LogP contribution in [0.1, 0.15) is 11.6 Å². The minimum absolute atomic E-state index is 0. The van der Waals surface area contributed by atoms with Gasteiger partial charge >= 0.3 is 0 Å². The fourth-order valence-corrected chi connectivity index (χ4v) is 0.825. The Kier molecular flexibility index (Phi) is 4.54. The maximum atomic E-state index is 10.6. The van der Waals surface area contributed by atoms with Crippen molar-refractivity contribution >= 4 is 22.9 Å². The molecule has 0 aliphatic carbocycles. The zero-order chi connectivity index (χ0) is 8.27. The van der Waals surface area contributed by atoms with Crippen LogP contribution in [0.4, 0.5) is 0 Å². The average Bonchev–Trinajstić information content (AvgIpc) is 2.05. The van der Waals surface area contributed by atoms with Gasteiger partial charge in [0, 0.05) is 0 Å². The third-order valence-corrected chi connectivity index (χ3v) is 1.47. The first-order valence-electron chi connectivity index (χ1n) is 3.31. The summed E-state index contributed by atoms with van der Waals surface area (Å²) in [6, 6.07) is 8.36. The Bertz CT molecular complexity index is 250. The number of carbonyl (C=O) groups is 1. The molecule has 0 saturated heterocycles. The van der Waals surface area contributed by atoms with E-state index in [2.05, 4.69) is 0 Å². The number of nitrogens with two attached hydrogens (primary N) is 2. The second kappa shape index (κ2) is 4.90. The van der Waals surface area contributed by atoms with Gasteiger partial charge in [-0.25, -0.2) is 0 Å². The predicted molar refractivity (Wildman–Crippen MR) is 52.9 cm³/mol. The molecule has 1 aromatic rings. The molecule has 4 heteroatoms. The van der Waals surface area contributed by atoms with E-state index in [-0.39, 0.29) is 17.0 Å². The van der Waals surface area contributed by atoms with Crippen molar-refractivity contribution < 1.29 is 4.79 Å². The zero-order valence-electron chi connectivity index (χ0n) is 6.44. The number of hydrogen-bond acceptors (Lipinski definition) is 2. The quantitative estimate of drug-likeness (QED) is 0.788. The van der Waals surface area contributed by atoms with E-state index in [0.29, 0.717) is 0 Å². The SMILES string of the molecule is Br.NC(=O)[C@@H](N)c1ccccc1. The number of carbonyl (C=O) groups excluding carboxylic acids is 1. The standard InChI is InChI=1S/C8H10N2O.BrH/c9-7(8(10)11)6-4-2-1-3-5-6;/h1-5,7H,9H2,(H2,10,11);1H/t7-;/m0./s1. The fourth-order valence-electron chi connectivity index (χ4n) is 0.825. The minimum Gasteiger partial charge on any atom is -0.368 e. The zero-order valence-corrected chi connectivity index (χ0v) is 8.15. The van der Waals surface area contributed by atoms with E-state index >= 15 is 0 Å². The van der Waals surface area contributed by atoms with Crippen LogP contribution in [0.25, 0.3) is 0 Å². The van der Waals surface area contributed by atoms with Gasteiger partial charge in [-0.05, 0) is 5.56 Å². The van der Waals surface area contributed by atoms with E-state index < -0.39 is 11.9 Å². The largest absolute Gasteiger partial charge is 0.368 e. The summed E-state index contributed by atoms with van der Waals surface area (Å²) in [7, 11) is 0. The van der Waals surface area contributed by atoms with Gasteiger partial charge in [-0.3, -0.25) is 4.79 Å². The van der Waals surface area contributed by atoms with E-state index in [1.54, 1.807) is 12.1 Å². The van der Waals surface area contributed by atoms with Crippen LogP contribution in [0.2, 0.25) is 0 Å². The normalized spacial score (nSPS) is 11.4. The Hall–Kier alpha value is -0.870. The van der Waals surface area contributed by atoms with Crippen LogP contribution in [0.5, 0.6) is 0 Å². The molecule has 1 amide bonds. The van der Waals surface area contributed by atoms with Crippen LogP contribution in [0.15, 0.2) is 30.3 Å². The molecular weight excluding hydrogens is 220 g/mol. The Labute approximate surface area is 81.5 Å². The van der Waals surface area contributed by atoms with Crippen molar-refractivity contribution in [2.75, 3.05) is 0 Å². The van der Waals surface area contributed by atoms with Gasteiger partial charge in [-0.2, -0.15) is 0 Å². The molecule has 0 aromatic heterocycles. The highest BCUT2D eigenvalue weighted by atomic mass is 79.9. The van der Waals surface area contributed by atoms with Crippen molar-refractivity contribution in [3.8, 4) is 0 Å². The first kappa shape index (κ1) is 11.1. The summed E-state index contributed by atoms with van der Waals surface area (Å²) in [6.07, 6.45) is 0. The molecule has 0 bridgehead atoms. The molecule has 4 N–H and O–H groups in total. The second-order valence-electron chi connectivity index (χ2n) is 2.29. The molecule has 0 radical (unpaired) electrons. The maximum Gasteiger partial charge on any atom is 0.238 e. The molecule has 1 aromatic carbocycles. The van der Waals surface area contributed by atoms with Crippen LogP contribution in [-0.4, -0.2) is 5.91 Å². The summed E-state index contributed by atoms with van der Waals surface area (Å²) in [5.74, 6) is -0.504. The first-order valence-corrected chi connectivity index (χ1v) is 3.31. The summed E-state index contributed by atoms with van der Waals surface area (Å²) < 4.78 is 0. The topological polar surface area (TPSA) is 69.1 Å². The van der Waals surface area contributed by atoms with E-state index in [4.69, 9.17) is 11.5 Å². The van der Waals surface area contributed by atoms with Crippen LogP contribution < -0.4 is 11.5 Å². The molecule has 0 aliphatic heterocycles. The summed E-state index contributed by atoms with van der Waals surface area (Å²) in [5.41, 5.74) is 11.2. The van der Waals surface area contributed by atoms with E-state index in [1.165, 1.54) is 0 Å². The second-order valence-corrected chi connectivity index (χ2v) is 2.29. The highest BCUT2D eigenvalue weighted by Crippen LogP contribution is 2.07. The molecular formula is C8H11BrN2O. The van der Waals surface area contributed by atoms with E-state index in [1.807, 2.05) is 18.2 Å². The van der Waals surface area contributed by atoms with Gasteiger partial charge in [0.05, 0.1) is 0 Å². The highest BCUT2D eigenvalue weighted by Gasteiger charge is 2.09. The number of halogens is 1. The number of benzene rings is 1. The highest BCUT2D eigenvalue weighted by molar-refractivity contribution is 8.93. The van der Waals surface area contributed by atoms with Crippen molar-refractivity contribution in [2.24, 2.45) is 11.5 Å². The van der Waals surface area contributed by atoms with Crippen molar-refractivity contribution in [2.45, 2.75) is 6.04 Å². The predicted octanol–water partition coefficient (Wildman–Crippen LogP) is 0.750. The fraction of sp³-hybridized carbons (Fsp3) is 0.125. The Morgan fingerprint density at radius 2 is 1.75 bits per heavy atom. The number of hydrogen-bond donors (Lipinski definition) is 2. The Morgan fingerprint density at radius 3 is 2.17 bits per heavy atom. The van der Waals surface area contributed by atoms with Crippen LogP contribution in [0.3, 0.4) is 0 Å². The van der Waals surface area contributed by atoms with Crippen LogP contribution in [0, 0.1) is 0 Å². The lowest BCUT2D eigenvalue weighted by atomic mass is 10.1. The summed E-state index contributed by atoms with van der Waals surface area (Å²) in [4.78, 5) is 10.6. The molecule has 1 rings (SSSR count). The third-order valence-electron chi connectivity index (χ3n) is 1.47. The van der Waals surface area contributed by atoms with E-state index in [9.17, 15) is 4.79 Å². The molecule has 0 saturated carbocycles. The van der Waals surface area contributed by atoms with Gasteiger partial charge in [0.1, 0.15) is 6.04 Å². The Morgan fingerprint density at radius 1 is 1.25 bits per heavy atom. The number of rotatable bonds is 2. The van der Waals surface area contributed by atoms with Gasteiger partial charge in [0.15, 0.2) is 0 Å². The molecule has 0 fully saturated rings. The molecule has 0 spiro atoms. The average molecular weight is 231 g/mol. The van der Waals surface area contributed by atoms with Gasteiger partial charge in [0.2, 0.25) is 5.91 Å². The lowest BCUT2D eigenvalue weighted by Gasteiger charge is -2.05. The van der Waals surface area contributed by atoms with Crippen LogP contribution >= 0.6 is 17.0 Å². The van der Waals surface area contributed by atoms with E-state index in [0.717, 1.165) is 5.56 Å². The molecule has 0 heterocycles. The lowest BCUT2D eigenvalue weighted by Crippen LogP contribution is -2.27. The van der Waals surface area contributed by atoms with Crippen LogP contribution in [-0.2, 0) is 4.79 Å². The summed E-state index contributed by atoms with van der Waals surface area (Å²) in [6.45, 7) is 0. The number of amides is 1. The lowest BCUT2D eigenvalue weighted by molar-refractivity contribution is -0.119. The first-order chi connectivity index (χ1) is 5.22. The molecule has 0 unspecified atom stereocenters. The van der Waals surface area contributed by atoms with Crippen molar-refractivity contribution in [1.29, 1.82) is 0 Å². The Balaban J connectivity index is 0.00000121. The molecule has 3 nitrogen and oxygen atoms in total. The molecule has 1 atom stereocenters. The summed E-state index contributed by atoms with van der Waals surface area (Å²) in [5, 5.41) is 0. The number of primary amides is 1. The van der Waals surface area contributed by atoms with Crippen molar-refractivity contribution in [1.82, 2.24) is 0 Å². The third kappa shape index (κ3) is 2.64. The van der Waals surface area contributed by atoms with Crippen molar-refractivity contribution in [3.05, 3.63) is 35.9 Å². The minimum atomic E-state index is -0.684. The molecule has 12 heavy (non-hydrogen) atoms. The van der Waals surface area contributed by atoms with Crippen molar-refractivity contribution in [3.63, 3.8) is 0 Å². The smallest absolute Gasteiger partial charge is 0.238 e. The van der Waals surface area contributed by atoms with Gasteiger partial charge in [-0.1, -0.05) is 30.3 Å². The monoisotopic (exact) mass is 230 g/mol. The summed E-state index contributed by atoms with van der Waals surface area (Å²) >= 11 is 0. The van der Waals surface area contributed by atoms with Gasteiger partial charge in [-0.15, -0.1) is 17.0 Å².